The molecule has 0 aliphatic carbocycles. The first-order valence-corrected chi connectivity index (χ1v) is 4.79. The molecule has 0 radical (unpaired) electrons. The van der Waals surface area contributed by atoms with Crippen molar-refractivity contribution in [3.63, 3.8) is 0 Å². The van der Waals surface area contributed by atoms with Gasteiger partial charge in [-0.15, -0.1) is 0 Å². The van der Waals surface area contributed by atoms with Crippen LogP contribution in [0.15, 0.2) is 18.2 Å². The zero-order valence-corrected chi connectivity index (χ0v) is 8.93. The predicted molar refractivity (Wildman–Crippen MR) is 58.1 cm³/mol. The van der Waals surface area contributed by atoms with Gasteiger partial charge in [0.05, 0.1) is 13.7 Å². The van der Waals surface area contributed by atoms with Crippen molar-refractivity contribution in [2.75, 3.05) is 13.7 Å². The minimum absolute atomic E-state index is 0.356. The molecular weight excluding hydrogens is 195 g/mol. The Morgan fingerprint density at radius 3 is 2.60 bits per heavy atom. The van der Waals surface area contributed by atoms with E-state index in [-0.39, 0.29) is 0 Å². The average molecular weight is 210 g/mol. The van der Waals surface area contributed by atoms with E-state index in [9.17, 15) is 0 Å². The van der Waals surface area contributed by atoms with Crippen molar-refractivity contribution < 1.29 is 19.5 Å². The van der Waals surface area contributed by atoms with Gasteiger partial charge < -0.3 is 19.5 Å². The third-order valence-electron chi connectivity index (χ3n) is 2.05. The lowest BCUT2D eigenvalue weighted by Crippen LogP contribution is -2.31. The molecule has 2 N–H and O–H groups in total. The van der Waals surface area contributed by atoms with Gasteiger partial charge in [-0.1, -0.05) is 12.1 Å². The number of rotatable bonds is 5. The van der Waals surface area contributed by atoms with Crippen molar-refractivity contribution in [2.24, 2.45) is 0 Å². The molecule has 0 aromatic heterocycles. The summed E-state index contributed by atoms with van der Waals surface area (Å²) in [5.41, 5.74) is 1.25. The van der Waals surface area contributed by atoms with Crippen LogP contribution < -0.4 is 10.2 Å². The van der Waals surface area contributed by atoms with E-state index in [0.29, 0.717) is 24.4 Å². The monoisotopic (exact) mass is 210 g/mol. The summed E-state index contributed by atoms with van der Waals surface area (Å²) in [5.74, 6) is 0.463. The maximum absolute atomic E-state index is 9.12. The standard InChI is InChI=1S/C10H15BO4/c1-3-15-7-8-4-5-10(14-2)9(6-8)11(12)13/h4-6,12-13H,3,7H2,1-2H3. The van der Waals surface area contributed by atoms with Gasteiger partial charge in [-0.3, -0.25) is 0 Å². The first-order chi connectivity index (χ1) is 7.19. The van der Waals surface area contributed by atoms with Gasteiger partial charge in [0, 0.05) is 12.1 Å². The van der Waals surface area contributed by atoms with Gasteiger partial charge in [0.1, 0.15) is 5.75 Å². The molecule has 0 spiro atoms. The summed E-state index contributed by atoms with van der Waals surface area (Å²) < 4.78 is 10.2. The van der Waals surface area contributed by atoms with Crippen LogP contribution >= 0.6 is 0 Å². The highest BCUT2D eigenvalue weighted by atomic mass is 16.5. The van der Waals surface area contributed by atoms with Gasteiger partial charge in [-0.25, -0.2) is 0 Å². The number of methoxy groups -OCH3 is 1. The molecule has 82 valence electrons. The molecule has 15 heavy (non-hydrogen) atoms. The molecule has 0 saturated heterocycles. The SMILES string of the molecule is CCOCc1ccc(OC)c(B(O)O)c1. The number of hydrogen-bond acceptors (Lipinski definition) is 4. The van der Waals surface area contributed by atoms with Crippen LogP contribution in [0.25, 0.3) is 0 Å². The predicted octanol–water partition coefficient (Wildman–Crippen LogP) is -0.0885. The summed E-state index contributed by atoms with van der Waals surface area (Å²) >= 11 is 0. The minimum atomic E-state index is -1.53. The Morgan fingerprint density at radius 1 is 1.33 bits per heavy atom. The second-order valence-corrected chi connectivity index (χ2v) is 3.09. The molecule has 0 heterocycles. The van der Waals surface area contributed by atoms with Crippen LogP contribution in [-0.2, 0) is 11.3 Å². The van der Waals surface area contributed by atoms with Crippen molar-refractivity contribution in [1.29, 1.82) is 0 Å². The van der Waals surface area contributed by atoms with E-state index in [1.807, 2.05) is 13.0 Å². The Kier molecular flexibility index (Phi) is 4.61. The molecule has 0 atom stereocenters. The summed E-state index contributed by atoms with van der Waals surface area (Å²) in [6, 6.07) is 5.20. The normalized spacial score (nSPS) is 10.1. The fraction of sp³-hybridized carbons (Fsp3) is 0.400. The number of ether oxygens (including phenoxy) is 2. The lowest BCUT2D eigenvalue weighted by atomic mass is 9.79. The van der Waals surface area contributed by atoms with Gasteiger partial charge in [-0.2, -0.15) is 0 Å². The molecule has 0 unspecified atom stereocenters. The van der Waals surface area contributed by atoms with Crippen LogP contribution in [0.2, 0.25) is 0 Å². The summed E-state index contributed by atoms with van der Waals surface area (Å²) in [4.78, 5) is 0. The fourth-order valence-corrected chi connectivity index (χ4v) is 1.30. The van der Waals surface area contributed by atoms with Crippen LogP contribution in [0.5, 0.6) is 5.75 Å². The third-order valence-corrected chi connectivity index (χ3v) is 2.05. The van der Waals surface area contributed by atoms with E-state index in [0.717, 1.165) is 5.56 Å². The van der Waals surface area contributed by atoms with Crippen molar-refractivity contribution >= 4 is 12.6 Å². The number of benzene rings is 1. The van der Waals surface area contributed by atoms with E-state index in [1.165, 1.54) is 7.11 Å². The quantitative estimate of drug-likeness (QED) is 0.667. The summed E-state index contributed by atoms with van der Waals surface area (Å²) in [6.07, 6.45) is 0. The molecule has 0 amide bonds. The molecular formula is C10H15BO4. The Bertz CT molecular complexity index is 314. The summed E-state index contributed by atoms with van der Waals surface area (Å²) in [7, 11) is -0.0369. The smallest absolute Gasteiger partial charge is 0.492 e. The van der Waals surface area contributed by atoms with E-state index in [2.05, 4.69) is 0 Å². The topological polar surface area (TPSA) is 58.9 Å². The maximum Gasteiger partial charge on any atom is 0.492 e. The largest absolute Gasteiger partial charge is 0.497 e. The Morgan fingerprint density at radius 2 is 2.07 bits per heavy atom. The average Bonchev–Trinajstić information content (AvgIpc) is 2.25. The van der Waals surface area contributed by atoms with Gasteiger partial charge in [0.25, 0.3) is 0 Å². The van der Waals surface area contributed by atoms with Crippen LogP contribution in [0.4, 0.5) is 0 Å². The van der Waals surface area contributed by atoms with E-state index < -0.39 is 7.12 Å². The molecule has 1 aromatic carbocycles. The van der Waals surface area contributed by atoms with E-state index in [1.54, 1.807) is 12.1 Å². The van der Waals surface area contributed by atoms with Crippen molar-refractivity contribution in [2.45, 2.75) is 13.5 Å². The second-order valence-electron chi connectivity index (χ2n) is 3.09. The maximum atomic E-state index is 9.12. The summed E-state index contributed by atoms with van der Waals surface area (Å²) in [6.45, 7) is 2.99. The molecule has 0 aliphatic heterocycles. The van der Waals surface area contributed by atoms with E-state index in [4.69, 9.17) is 19.5 Å². The molecule has 1 rings (SSSR count). The molecule has 0 bridgehead atoms. The van der Waals surface area contributed by atoms with Crippen molar-refractivity contribution in [1.82, 2.24) is 0 Å². The van der Waals surface area contributed by atoms with Crippen molar-refractivity contribution in [3.8, 4) is 5.75 Å². The van der Waals surface area contributed by atoms with Crippen LogP contribution in [-0.4, -0.2) is 30.9 Å². The first kappa shape index (κ1) is 12.0. The number of hydrogen-bond donors (Lipinski definition) is 2. The highest BCUT2D eigenvalue weighted by Gasteiger charge is 2.17. The second kappa shape index (κ2) is 5.75. The lowest BCUT2D eigenvalue weighted by Gasteiger charge is -2.10. The highest BCUT2D eigenvalue weighted by Crippen LogP contribution is 2.10. The molecule has 4 nitrogen and oxygen atoms in total. The molecule has 0 fully saturated rings. The molecule has 5 heteroatoms. The van der Waals surface area contributed by atoms with Gasteiger partial charge >= 0.3 is 7.12 Å². The van der Waals surface area contributed by atoms with Crippen LogP contribution in [0.3, 0.4) is 0 Å². The first-order valence-electron chi connectivity index (χ1n) is 4.79. The fourth-order valence-electron chi connectivity index (χ4n) is 1.30. The van der Waals surface area contributed by atoms with Gasteiger partial charge in [-0.05, 0) is 18.6 Å². The summed E-state index contributed by atoms with van der Waals surface area (Å²) in [5, 5.41) is 18.2. The van der Waals surface area contributed by atoms with E-state index >= 15 is 0 Å². The van der Waals surface area contributed by atoms with Crippen LogP contribution in [0.1, 0.15) is 12.5 Å². The Hall–Kier alpha value is -1.04. The van der Waals surface area contributed by atoms with Crippen LogP contribution in [0, 0.1) is 0 Å². The van der Waals surface area contributed by atoms with Crippen molar-refractivity contribution in [3.05, 3.63) is 23.8 Å². The highest BCUT2D eigenvalue weighted by molar-refractivity contribution is 6.59. The zero-order chi connectivity index (χ0) is 11.3. The minimum Gasteiger partial charge on any atom is -0.497 e. The lowest BCUT2D eigenvalue weighted by molar-refractivity contribution is 0.134. The molecule has 0 saturated carbocycles. The Balaban J connectivity index is 2.89. The van der Waals surface area contributed by atoms with Gasteiger partial charge in [0.15, 0.2) is 0 Å². The Labute approximate surface area is 89.6 Å². The molecule has 1 aromatic rings. The van der Waals surface area contributed by atoms with Gasteiger partial charge in [0.2, 0.25) is 0 Å². The molecule has 0 aliphatic rings. The third kappa shape index (κ3) is 3.23. The zero-order valence-electron chi connectivity index (χ0n) is 8.93.